The quantitative estimate of drug-likeness (QED) is 0.183. The molecule has 0 fully saturated rings. The molecule has 0 saturated heterocycles. The van der Waals surface area contributed by atoms with Gasteiger partial charge in [-0.1, -0.05) is 114 Å². The summed E-state index contributed by atoms with van der Waals surface area (Å²) in [6, 6.07) is 32.9. The molecule has 0 aromatic heterocycles. The van der Waals surface area contributed by atoms with Gasteiger partial charge in [0.25, 0.3) is 0 Å². The highest BCUT2D eigenvalue weighted by atomic mass is 19.1. The van der Waals surface area contributed by atoms with Crippen LogP contribution in [0.15, 0.2) is 121 Å². The summed E-state index contributed by atoms with van der Waals surface area (Å²) in [5.41, 5.74) is 10.3. The van der Waals surface area contributed by atoms with E-state index in [1.165, 1.54) is 39.1 Å². The maximum atomic E-state index is 15.4. The van der Waals surface area contributed by atoms with Crippen LogP contribution in [0.4, 0.5) is 8.78 Å². The third kappa shape index (κ3) is 4.18. The summed E-state index contributed by atoms with van der Waals surface area (Å²) in [5, 5.41) is 4.08. The first-order chi connectivity index (χ1) is 25.5. The van der Waals surface area contributed by atoms with Crippen molar-refractivity contribution in [3.05, 3.63) is 166 Å². The van der Waals surface area contributed by atoms with E-state index in [9.17, 15) is 0 Å². The number of benzene rings is 6. The maximum Gasteiger partial charge on any atom is 0.178 e. The molecule has 0 spiro atoms. The third-order valence-electron chi connectivity index (χ3n) is 12.8. The van der Waals surface area contributed by atoms with Crippen LogP contribution < -0.4 is 9.47 Å². The van der Waals surface area contributed by atoms with Crippen LogP contribution in [0, 0.1) is 11.7 Å². The van der Waals surface area contributed by atoms with Gasteiger partial charge in [0, 0.05) is 38.8 Å². The van der Waals surface area contributed by atoms with Gasteiger partial charge in [0.1, 0.15) is 23.5 Å². The molecule has 0 amide bonds. The van der Waals surface area contributed by atoms with Crippen molar-refractivity contribution in [2.75, 3.05) is 7.11 Å². The van der Waals surface area contributed by atoms with Gasteiger partial charge in [0.15, 0.2) is 5.60 Å². The lowest BCUT2D eigenvalue weighted by Crippen LogP contribution is -2.35. The fraction of sp³-hybridized carbons (Fsp3) is 0.224. The summed E-state index contributed by atoms with van der Waals surface area (Å²) in [4.78, 5) is 0. The fourth-order valence-corrected chi connectivity index (χ4v) is 10.2. The Bertz CT molecular complexity index is 2670. The van der Waals surface area contributed by atoms with Gasteiger partial charge in [-0.2, -0.15) is 0 Å². The van der Waals surface area contributed by atoms with E-state index in [0.29, 0.717) is 11.1 Å². The molecule has 2 nitrogen and oxygen atoms in total. The van der Waals surface area contributed by atoms with Gasteiger partial charge < -0.3 is 9.47 Å². The predicted molar refractivity (Wildman–Crippen MR) is 212 cm³/mol. The maximum absolute atomic E-state index is 15.4. The van der Waals surface area contributed by atoms with E-state index in [1.807, 2.05) is 31.2 Å². The lowest BCUT2D eigenvalue weighted by atomic mass is 9.71. The number of methoxy groups -OCH3 is 1. The standard InChI is InChI=1S/C49H40F2O2/c1-27-41(51)22-20-36-43-34-19-15-31(50)26-38(34)46-37(45(43)48(4,5)44(27)36)23-24-49(53-46,29-12-16-32(52-6)17-13-29)30-14-18-35-40(25-30)47(2,3)39-21-11-28-9-7-8-10-33(28)42(35)39/h7-27,41H,1-6H3. The summed E-state index contributed by atoms with van der Waals surface area (Å²) in [5.74, 6) is 0.761. The zero-order valence-corrected chi connectivity index (χ0v) is 30.8. The molecule has 1 heterocycles. The number of hydrogen-bond acceptors (Lipinski definition) is 2. The molecule has 3 atom stereocenters. The molecule has 4 heteroatoms. The second-order valence-electron chi connectivity index (χ2n) is 16.2. The Labute approximate surface area is 309 Å². The van der Waals surface area contributed by atoms with Crippen molar-refractivity contribution in [1.29, 1.82) is 0 Å². The third-order valence-corrected chi connectivity index (χ3v) is 12.8. The van der Waals surface area contributed by atoms with Crippen molar-refractivity contribution in [3.8, 4) is 22.6 Å². The highest BCUT2D eigenvalue weighted by Crippen LogP contribution is 2.60. The molecule has 6 aromatic carbocycles. The van der Waals surface area contributed by atoms with E-state index < -0.39 is 17.2 Å². The Morgan fingerprint density at radius 1 is 0.717 bits per heavy atom. The highest BCUT2D eigenvalue weighted by molar-refractivity contribution is 6.08. The second kappa shape index (κ2) is 10.8. The molecule has 3 aliphatic carbocycles. The van der Waals surface area contributed by atoms with E-state index in [1.54, 1.807) is 19.3 Å². The van der Waals surface area contributed by atoms with Crippen LogP contribution >= 0.6 is 0 Å². The first-order valence-corrected chi connectivity index (χ1v) is 18.5. The normalized spacial score (nSPS) is 22.6. The molecule has 262 valence electrons. The molecule has 3 unspecified atom stereocenters. The van der Waals surface area contributed by atoms with Crippen molar-refractivity contribution in [2.45, 2.75) is 57.2 Å². The van der Waals surface area contributed by atoms with Crippen LogP contribution in [0.2, 0.25) is 0 Å². The number of allylic oxidation sites excluding steroid dienone is 4. The zero-order chi connectivity index (χ0) is 36.6. The summed E-state index contributed by atoms with van der Waals surface area (Å²) < 4.78 is 43.8. The first kappa shape index (κ1) is 32.2. The minimum atomic E-state index is -1.07. The smallest absolute Gasteiger partial charge is 0.178 e. The van der Waals surface area contributed by atoms with Gasteiger partial charge in [0.2, 0.25) is 0 Å². The van der Waals surface area contributed by atoms with E-state index in [4.69, 9.17) is 9.47 Å². The van der Waals surface area contributed by atoms with Crippen LogP contribution in [-0.2, 0) is 16.4 Å². The Morgan fingerprint density at radius 2 is 1.49 bits per heavy atom. The topological polar surface area (TPSA) is 18.5 Å². The van der Waals surface area contributed by atoms with Crippen LogP contribution in [-0.4, -0.2) is 13.3 Å². The molecular formula is C49H40F2O2. The van der Waals surface area contributed by atoms with Gasteiger partial charge in [-0.25, -0.2) is 8.78 Å². The van der Waals surface area contributed by atoms with Crippen LogP contribution in [0.1, 0.15) is 73.6 Å². The van der Waals surface area contributed by atoms with Gasteiger partial charge in [-0.05, 0) is 103 Å². The molecule has 0 bridgehead atoms. The first-order valence-electron chi connectivity index (χ1n) is 18.5. The van der Waals surface area contributed by atoms with E-state index in [0.717, 1.165) is 50.1 Å². The van der Waals surface area contributed by atoms with Crippen molar-refractivity contribution in [1.82, 2.24) is 0 Å². The number of ether oxygens (including phenoxy) is 2. The number of halogens is 2. The minimum absolute atomic E-state index is 0.258. The van der Waals surface area contributed by atoms with Crippen LogP contribution in [0.3, 0.4) is 0 Å². The summed E-state index contributed by atoms with van der Waals surface area (Å²) in [7, 11) is 1.67. The molecule has 10 rings (SSSR count). The lowest BCUT2D eigenvalue weighted by molar-refractivity contribution is 0.163. The second-order valence-corrected chi connectivity index (χ2v) is 16.2. The van der Waals surface area contributed by atoms with Gasteiger partial charge in [-0.3, -0.25) is 0 Å². The molecular weight excluding hydrogens is 659 g/mol. The average molecular weight is 699 g/mol. The molecule has 0 N–H and O–H groups in total. The van der Waals surface area contributed by atoms with E-state index in [2.05, 4.69) is 107 Å². The van der Waals surface area contributed by atoms with Crippen molar-refractivity contribution >= 4 is 33.2 Å². The van der Waals surface area contributed by atoms with Gasteiger partial charge >= 0.3 is 0 Å². The largest absolute Gasteiger partial charge is 0.497 e. The zero-order valence-electron chi connectivity index (χ0n) is 30.8. The Balaban J connectivity index is 1.23. The fourth-order valence-electron chi connectivity index (χ4n) is 10.2. The van der Waals surface area contributed by atoms with E-state index in [-0.39, 0.29) is 17.2 Å². The molecule has 6 aromatic rings. The van der Waals surface area contributed by atoms with Gasteiger partial charge in [0.05, 0.1) is 7.11 Å². The van der Waals surface area contributed by atoms with Crippen molar-refractivity contribution in [2.24, 2.45) is 5.92 Å². The molecule has 53 heavy (non-hydrogen) atoms. The van der Waals surface area contributed by atoms with Crippen molar-refractivity contribution in [3.63, 3.8) is 0 Å². The SMILES string of the molecule is COc1ccc(C2(c3ccc4c(c3)C(C)(C)c3ccc5ccccc5c3-4)C=Cc3c4c(c5ccc(F)cc5c3O2)C2=C(C(C)C(F)C=C2)C4(C)C)cc1. The monoisotopic (exact) mass is 698 g/mol. The Morgan fingerprint density at radius 3 is 2.28 bits per heavy atom. The summed E-state index contributed by atoms with van der Waals surface area (Å²) in [6.07, 6.45) is 6.88. The van der Waals surface area contributed by atoms with Crippen molar-refractivity contribution < 1.29 is 18.3 Å². The minimum Gasteiger partial charge on any atom is -0.497 e. The summed E-state index contributed by atoms with van der Waals surface area (Å²) >= 11 is 0. The van der Waals surface area contributed by atoms with Gasteiger partial charge in [-0.15, -0.1) is 0 Å². The Kier molecular flexibility index (Phi) is 6.55. The Hall–Kier alpha value is -5.48. The average Bonchev–Trinajstić information content (AvgIpc) is 3.55. The predicted octanol–water partition coefficient (Wildman–Crippen LogP) is 12.4. The number of fused-ring (bicyclic) bond motifs is 12. The number of alkyl halides is 1. The molecule has 1 aliphatic heterocycles. The van der Waals surface area contributed by atoms with E-state index >= 15 is 8.78 Å². The molecule has 4 aliphatic rings. The molecule has 0 saturated carbocycles. The summed E-state index contributed by atoms with van der Waals surface area (Å²) in [6.45, 7) is 11.0. The highest BCUT2D eigenvalue weighted by Gasteiger charge is 2.48. The number of hydrogen-bond donors (Lipinski definition) is 0. The van der Waals surface area contributed by atoms with Crippen LogP contribution in [0.5, 0.6) is 11.5 Å². The number of rotatable bonds is 3. The molecule has 0 radical (unpaired) electrons. The lowest BCUT2D eigenvalue weighted by Gasteiger charge is -2.39. The van der Waals surface area contributed by atoms with Crippen LogP contribution in [0.25, 0.3) is 44.3 Å².